The van der Waals surface area contributed by atoms with E-state index in [1.807, 2.05) is 0 Å². The van der Waals surface area contributed by atoms with Gasteiger partial charge in [0.1, 0.15) is 6.04 Å². The van der Waals surface area contributed by atoms with E-state index in [1.54, 1.807) is 0 Å². The Balaban J connectivity index is 2.34. The van der Waals surface area contributed by atoms with Crippen LogP contribution in [0.1, 0.15) is 19.3 Å². The molecule has 19 heavy (non-hydrogen) atoms. The molecule has 2 atom stereocenters. The van der Waals surface area contributed by atoms with Crippen LogP contribution in [0.25, 0.3) is 0 Å². The highest BCUT2D eigenvalue weighted by Crippen LogP contribution is 2.04. The fraction of sp³-hybridized carbons (Fsp3) is 0.600. The van der Waals surface area contributed by atoms with Gasteiger partial charge in [-0.15, -0.1) is 0 Å². The molecule has 1 fully saturated rings. The summed E-state index contributed by atoms with van der Waals surface area (Å²) in [6, 6.07) is -2.25. The van der Waals surface area contributed by atoms with Crippen LogP contribution in [0.3, 0.4) is 0 Å². The lowest BCUT2D eigenvalue weighted by molar-refractivity contribution is -0.140. The average Bonchev–Trinajstić information content (AvgIpc) is 2.71. The normalized spacial score (nSPS) is 19.4. The van der Waals surface area contributed by atoms with Crippen LogP contribution >= 0.6 is 0 Å². The number of amides is 4. The molecule has 0 spiro atoms. The van der Waals surface area contributed by atoms with Crippen molar-refractivity contribution < 1.29 is 24.3 Å². The van der Waals surface area contributed by atoms with Crippen LogP contribution in [0.15, 0.2) is 0 Å². The molecule has 0 bridgehead atoms. The van der Waals surface area contributed by atoms with Gasteiger partial charge >= 0.3 is 12.0 Å². The number of carbonyl (C=O) groups is 4. The van der Waals surface area contributed by atoms with Crippen molar-refractivity contribution in [3.63, 3.8) is 0 Å². The lowest BCUT2D eigenvalue weighted by Gasteiger charge is -2.15. The number of hydrogen-bond donors (Lipinski definition) is 5. The van der Waals surface area contributed by atoms with Gasteiger partial charge < -0.3 is 26.8 Å². The van der Waals surface area contributed by atoms with Crippen molar-refractivity contribution >= 4 is 23.8 Å². The second-order valence-corrected chi connectivity index (χ2v) is 4.22. The molecule has 0 radical (unpaired) electrons. The topological polar surface area (TPSA) is 151 Å². The predicted molar refractivity (Wildman–Crippen MR) is 62.9 cm³/mol. The predicted octanol–water partition coefficient (Wildman–Crippen LogP) is -2.11. The number of nitrogens with one attached hydrogen (secondary N) is 3. The van der Waals surface area contributed by atoms with E-state index < -0.39 is 30.4 Å². The van der Waals surface area contributed by atoms with Gasteiger partial charge in [-0.25, -0.2) is 9.59 Å². The zero-order chi connectivity index (χ0) is 14.4. The van der Waals surface area contributed by atoms with Gasteiger partial charge in [0.2, 0.25) is 11.8 Å². The highest BCUT2D eigenvalue weighted by atomic mass is 16.4. The van der Waals surface area contributed by atoms with Gasteiger partial charge in [0, 0.05) is 19.0 Å². The van der Waals surface area contributed by atoms with Crippen LogP contribution in [0.2, 0.25) is 0 Å². The summed E-state index contributed by atoms with van der Waals surface area (Å²) < 4.78 is 0. The second kappa shape index (κ2) is 6.57. The van der Waals surface area contributed by atoms with Crippen molar-refractivity contribution in [1.82, 2.24) is 16.0 Å². The van der Waals surface area contributed by atoms with Crippen LogP contribution in [0.5, 0.6) is 0 Å². The summed E-state index contributed by atoms with van der Waals surface area (Å²) in [6.45, 7) is 0.195. The molecule has 1 saturated heterocycles. The van der Waals surface area contributed by atoms with E-state index in [0.717, 1.165) is 0 Å². The summed E-state index contributed by atoms with van der Waals surface area (Å²) in [6.07, 6.45) is 0.541. The number of urea groups is 1. The average molecular weight is 272 g/mol. The summed E-state index contributed by atoms with van der Waals surface area (Å²) in [4.78, 5) is 43.8. The highest BCUT2D eigenvalue weighted by Gasteiger charge is 2.24. The largest absolute Gasteiger partial charge is 0.480 e. The summed E-state index contributed by atoms with van der Waals surface area (Å²) >= 11 is 0. The molecule has 1 aliphatic rings. The van der Waals surface area contributed by atoms with Crippen LogP contribution in [0, 0.1) is 0 Å². The second-order valence-electron chi connectivity index (χ2n) is 4.22. The van der Waals surface area contributed by atoms with Crippen molar-refractivity contribution in [3.8, 4) is 0 Å². The van der Waals surface area contributed by atoms with Gasteiger partial charge in [-0.2, -0.15) is 0 Å². The van der Waals surface area contributed by atoms with E-state index in [9.17, 15) is 19.2 Å². The maximum Gasteiger partial charge on any atom is 0.326 e. The third-order valence-corrected chi connectivity index (χ3v) is 2.60. The fourth-order valence-corrected chi connectivity index (χ4v) is 1.66. The molecule has 106 valence electrons. The van der Waals surface area contributed by atoms with Gasteiger partial charge in [0.05, 0.1) is 6.42 Å². The Bertz CT molecular complexity index is 397. The molecule has 4 amide bonds. The summed E-state index contributed by atoms with van der Waals surface area (Å²) in [7, 11) is 0. The highest BCUT2D eigenvalue weighted by molar-refractivity contribution is 5.87. The Morgan fingerprint density at radius 2 is 2.16 bits per heavy atom. The molecule has 9 heteroatoms. The number of carboxylic acids is 1. The van der Waals surface area contributed by atoms with Gasteiger partial charge in [0.25, 0.3) is 0 Å². The van der Waals surface area contributed by atoms with Gasteiger partial charge in [-0.1, -0.05) is 0 Å². The Morgan fingerprint density at radius 3 is 2.63 bits per heavy atom. The smallest absolute Gasteiger partial charge is 0.326 e. The van der Waals surface area contributed by atoms with E-state index >= 15 is 0 Å². The van der Waals surface area contributed by atoms with Crippen molar-refractivity contribution in [1.29, 1.82) is 0 Å². The summed E-state index contributed by atoms with van der Waals surface area (Å²) in [5, 5.41) is 16.0. The standard InChI is InChI=1S/C10H16N4O5/c11-7(15)3-6(9(17)18)14-10(19)12-4-5-1-2-8(16)13-5/h5-6H,1-4H2,(H2,11,15)(H,13,16)(H,17,18)(H2,12,14,19)/t5?,6-/m1/s1. The van der Waals surface area contributed by atoms with E-state index in [1.165, 1.54) is 0 Å². The van der Waals surface area contributed by atoms with Crippen molar-refractivity contribution in [3.05, 3.63) is 0 Å². The third kappa shape index (κ3) is 5.23. The van der Waals surface area contributed by atoms with Crippen LogP contribution in [0.4, 0.5) is 4.79 Å². The molecule has 9 nitrogen and oxygen atoms in total. The minimum absolute atomic E-state index is 0.0793. The maximum absolute atomic E-state index is 11.4. The number of carbonyl (C=O) groups excluding carboxylic acids is 3. The van der Waals surface area contributed by atoms with Crippen molar-refractivity contribution in [2.45, 2.75) is 31.3 Å². The molecule has 1 rings (SSSR count). The van der Waals surface area contributed by atoms with Crippen molar-refractivity contribution in [2.24, 2.45) is 5.73 Å². The summed E-state index contributed by atoms with van der Waals surface area (Å²) in [5.74, 6) is -2.25. The first-order valence-electron chi connectivity index (χ1n) is 5.73. The van der Waals surface area contributed by atoms with Gasteiger partial charge in [0.15, 0.2) is 0 Å². The summed E-state index contributed by atoms with van der Waals surface area (Å²) in [5.41, 5.74) is 4.87. The number of carboxylic acid groups (broad SMARTS) is 1. The van der Waals surface area contributed by atoms with Gasteiger partial charge in [-0.3, -0.25) is 9.59 Å². The molecule has 0 aromatic carbocycles. The van der Waals surface area contributed by atoms with E-state index in [4.69, 9.17) is 10.8 Å². The first-order chi connectivity index (χ1) is 8.88. The van der Waals surface area contributed by atoms with Gasteiger partial charge in [-0.05, 0) is 6.42 Å². The van der Waals surface area contributed by atoms with Crippen LogP contribution < -0.4 is 21.7 Å². The Hall–Kier alpha value is -2.32. The number of nitrogens with two attached hydrogens (primary N) is 1. The van der Waals surface area contributed by atoms with Crippen LogP contribution in [-0.4, -0.2) is 47.5 Å². The zero-order valence-electron chi connectivity index (χ0n) is 10.1. The van der Waals surface area contributed by atoms with E-state index in [2.05, 4.69) is 16.0 Å². The van der Waals surface area contributed by atoms with E-state index in [0.29, 0.717) is 12.8 Å². The first kappa shape index (κ1) is 14.7. The molecule has 6 N–H and O–H groups in total. The minimum Gasteiger partial charge on any atom is -0.480 e. The lowest BCUT2D eigenvalue weighted by Crippen LogP contribution is -2.49. The fourth-order valence-electron chi connectivity index (χ4n) is 1.66. The molecule has 0 aliphatic carbocycles. The van der Waals surface area contributed by atoms with E-state index in [-0.39, 0.29) is 18.5 Å². The molecular formula is C10H16N4O5. The minimum atomic E-state index is -1.37. The Morgan fingerprint density at radius 1 is 1.47 bits per heavy atom. The number of rotatable bonds is 6. The monoisotopic (exact) mass is 272 g/mol. The number of aliphatic carboxylic acids is 1. The molecule has 0 saturated carbocycles. The van der Waals surface area contributed by atoms with Crippen molar-refractivity contribution in [2.75, 3.05) is 6.54 Å². The molecule has 0 aromatic rings. The molecule has 1 heterocycles. The first-order valence-corrected chi connectivity index (χ1v) is 5.73. The lowest BCUT2D eigenvalue weighted by atomic mass is 10.2. The Kier molecular flexibility index (Phi) is 5.10. The number of primary amides is 1. The maximum atomic E-state index is 11.4. The molecule has 0 aromatic heterocycles. The Labute approximate surface area is 108 Å². The zero-order valence-corrected chi connectivity index (χ0v) is 10.1. The number of hydrogen-bond acceptors (Lipinski definition) is 4. The quantitative estimate of drug-likeness (QED) is 0.375. The molecule has 1 unspecified atom stereocenters. The molecule has 1 aliphatic heterocycles. The SMILES string of the molecule is NC(=O)C[C@@H](NC(=O)NCC1CCC(=O)N1)C(=O)O. The molecular weight excluding hydrogens is 256 g/mol. The third-order valence-electron chi connectivity index (χ3n) is 2.60. The van der Waals surface area contributed by atoms with Crippen LogP contribution in [-0.2, 0) is 14.4 Å².